The van der Waals surface area contributed by atoms with Crippen molar-refractivity contribution >= 4 is 28.6 Å². The van der Waals surface area contributed by atoms with E-state index in [-0.39, 0.29) is 17.0 Å². The Kier molecular flexibility index (Phi) is 9.65. The molecule has 0 radical (unpaired) electrons. The van der Waals surface area contributed by atoms with Gasteiger partial charge in [0, 0.05) is 30.5 Å². The maximum atomic E-state index is 5.92. The van der Waals surface area contributed by atoms with Crippen molar-refractivity contribution in [2.75, 3.05) is 13.2 Å². The van der Waals surface area contributed by atoms with Gasteiger partial charge >= 0.3 is 0 Å². The monoisotopic (exact) mass is 386 g/mol. The van der Waals surface area contributed by atoms with Crippen molar-refractivity contribution in [2.24, 2.45) is 0 Å². The van der Waals surface area contributed by atoms with Crippen LogP contribution < -0.4 is 0 Å². The third-order valence-corrected chi connectivity index (χ3v) is 4.20. The van der Waals surface area contributed by atoms with Crippen molar-refractivity contribution in [3.05, 3.63) is 47.3 Å². The highest BCUT2D eigenvalue weighted by Gasteiger charge is 2.11. The van der Waals surface area contributed by atoms with Gasteiger partial charge in [-0.05, 0) is 24.1 Å². The van der Waals surface area contributed by atoms with Crippen LogP contribution in [0.1, 0.15) is 51.0 Å². The Labute approximate surface area is 150 Å². The summed E-state index contributed by atoms with van der Waals surface area (Å²) < 4.78 is 0. The minimum Gasteiger partial charge on any atom is -0.359 e. The van der Waals surface area contributed by atoms with Gasteiger partial charge in [-0.15, -0.1) is 17.0 Å². The molecular formula is C18H28BrClN2. The van der Waals surface area contributed by atoms with E-state index in [0.29, 0.717) is 0 Å². The van der Waals surface area contributed by atoms with Crippen LogP contribution in [0.5, 0.6) is 0 Å². The molecule has 1 aliphatic heterocycles. The van der Waals surface area contributed by atoms with Gasteiger partial charge in [0.15, 0.2) is 0 Å². The molecule has 2 rings (SSSR count). The Morgan fingerprint density at radius 2 is 1.55 bits per heavy atom. The van der Waals surface area contributed by atoms with Gasteiger partial charge in [0.25, 0.3) is 0 Å². The minimum absolute atomic E-state index is 0. The van der Waals surface area contributed by atoms with Gasteiger partial charge in [0.2, 0.25) is 0 Å². The third-order valence-electron chi connectivity index (χ3n) is 3.95. The lowest BCUT2D eigenvalue weighted by Crippen LogP contribution is -2.25. The smallest absolute Gasteiger partial charge is 0.0897 e. The molecule has 1 aromatic rings. The van der Waals surface area contributed by atoms with E-state index < -0.39 is 0 Å². The topological polar surface area (TPSA) is 6.48 Å². The summed E-state index contributed by atoms with van der Waals surface area (Å²) in [5, 5.41) is 0.806. The number of halogens is 2. The van der Waals surface area contributed by atoms with Gasteiger partial charge in [-0.25, -0.2) is 0 Å². The highest BCUT2D eigenvalue weighted by atomic mass is 79.9. The number of nitrogens with zero attached hydrogens (tertiary/aromatic N) is 2. The molecule has 0 aliphatic carbocycles. The fourth-order valence-corrected chi connectivity index (χ4v) is 2.81. The maximum Gasteiger partial charge on any atom is 0.0897 e. The van der Waals surface area contributed by atoms with Crippen LogP contribution in [0, 0.1) is 0 Å². The largest absolute Gasteiger partial charge is 0.359 e. The molecule has 2 nitrogen and oxygen atoms in total. The number of hydrogen-bond donors (Lipinski definition) is 0. The first-order valence-electron chi connectivity index (χ1n) is 8.19. The van der Waals surface area contributed by atoms with Crippen LogP contribution in [0.4, 0.5) is 0 Å². The van der Waals surface area contributed by atoms with E-state index in [4.69, 9.17) is 11.6 Å². The fraction of sp³-hybridized carbons (Fsp3) is 0.556. The van der Waals surface area contributed by atoms with Gasteiger partial charge in [-0.1, -0.05) is 62.8 Å². The SMILES string of the molecule is Br.CCCCCCCCN1C=CN(Cc2ccc(Cl)cc2)C1. The van der Waals surface area contributed by atoms with Crippen molar-refractivity contribution in [3.8, 4) is 0 Å². The fourth-order valence-electron chi connectivity index (χ4n) is 2.68. The molecule has 124 valence electrons. The van der Waals surface area contributed by atoms with Crippen LogP contribution >= 0.6 is 28.6 Å². The van der Waals surface area contributed by atoms with Gasteiger partial charge in [-0.3, -0.25) is 0 Å². The molecule has 0 amide bonds. The van der Waals surface area contributed by atoms with E-state index in [0.717, 1.165) is 18.2 Å². The summed E-state index contributed by atoms with van der Waals surface area (Å²) >= 11 is 5.92. The van der Waals surface area contributed by atoms with Gasteiger partial charge in [0.1, 0.15) is 0 Å². The molecule has 0 unspecified atom stereocenters. The summed E-state index contributed by atoms with van der Waals surface area (Å²) in [5.74, 6) is 0. The number of hydrogen-bond acceptors (Lipinski definition) is 2. The third kappa shape index (κ3) is 7.06. The quantitative estimate of drug-likeness (QED) is 0.492. The molecule has 22 heavy (non-hydrogen) atoms. The van der Waals surface area contributed by atoms with Crippen molar-refractivity contribution < 1.29 is 0 Å². The molecule has 1 heterocycles. The van der Waals surface area contributed by atoms with E-state index in [1.165, 1.54) is 50.6 Å². The first kappa shape index (κ1) is 19.4. The lowest BCUT2D eigenvalue weighted by atomic mass is 10.1. The Morgan fingerprint density at radius 1 is 0.909 bits per heavy atom. The molecule has 1 aromatic carbocycles. The van der Waals surface area contributed by atoms with Crippen molar-refractivity contribution in [3.63, 3.8) is 0 Å². The Hall–Kier alpha value is -0.670. The minimum atomic E-state index is 0. The van der Waals surface area contributed by atoms with Crippen LogP contribution in [-0.2, 0) is 6.54 Å². The summed E-state index contributed by atoms with van der Waals surface area (Å²) in [6.45, 7) is 5.42. The molecule has 0 saturated carbocycles. The molecular weight excluding hydrogens is 360 g/mol. The van der Waals surface area contributed by atoms with E-state index in [9.17, 15) is 0 Å². The second-order valence-electron chi connectivity index (χ2n) is 5.89. The first-order chi connectivity index (χ1) is 10.3. The second kappa shape index (κ2) is 11.0. The summed E-state index contributed by atoms with van der Waals surface area (Å²) in [6, 6.07) is 8.13. The van der Waals surface area contributed by atoms with Gasteiger partial charge < -0.3 is 9.80 Å². The lowest BCUT2D eigenvalue weighted by Gasteiger charge is -2.21. The molecule has 4 heteroatoms. The Balaban J connectivity index is 0.00000242. The Bertz CT molecular complexity index is 433. The lowest BCUT2D eigenvalue weighted by molar-refractivity contribution is 0.256. The van der Waals surface area contributed by atoms with Crippen molar-refractivity contribution in [2.45, 2.75) is 52.0 Å². The molecule has 0 fully saturated rings. The van der Waals surface area contributed by atoms with Gasteiger partial charge in [0.05, 0.1) is 6.67 Å². The summed E-state index contributed by atoms with van der Waals surface area (Å²) in [5.41, 5.74) is 1.31. The van der Waals surface area contributed by atoms with Crippen LogP contribution in [0.15, 0.2) is 36.7 Å². The predicted molar refractivity (Wildman–Crippen MR) is 101 cm³/mol. The van der Waals surface area contributed by atoms with Crippen molar-refractivity contribution in [1.82, 2.24) is 9.80 Å². The van der Waals surface area contributed by atoms with Crippen LogP contribution in [0.2, 0.25) is 5.02 Å². The molecule has 0 N–H and O–H groups in total. The highest BCUT2D eigenvalue weighted by molar-refractivity contribution is 8.93. The van der Waals surface area contributed by atoms with E-state index in [2.05, 4.69) is 41.3 Å². The van der Waals surface area contributed by atoms with Crippen LogP contribution in [0.25, 0.3) is 0 Å². The average Bonchev–Trinajstić information content (AvgIpc) is 2.93. The molecule has 0 aromatic heterocycles. The van der Waals surface area contributed by atoms with Crippen molar-refractivity contribution in [1.29, 1.82) is 0 Å². The highest BCUT2D eigenvalue weighted by Crippen LogP contribution is 2.15. The zero-order valence-electron chi connectivity index (χ0n) is 13.5. The number of benzene rings is 1. The molecule has 0 atom stereocenters. The maximum absolute atomic E-state index is 5.92. The van der Waals surface area contributed by atoms with Crippen LogP contribution in [0.3, 0.4) is 0 Å². The standard InChI is InChI=1S/C18H27ClN2.BrH/c1-2-3-4-5-6-7-12-20-13-14-21(16-20)15-17-8-10-18(19)11-9-17;/h8-11,13-14H,2-7,12,15-16H2,1H3;1H. The van der Waals surface area contributed by atoms with E-state index >= 15 is 0 Å². The van der Waals surface area contributed by atoms with Gasteiger partial charge in [-0.2, -0.15) is 0 Å². The Morgan fingerprint density at radius 3 is 2.27 bits per heavy atom. The zero-order chi connectivity index (χ0) is 14.9. The number of unbranched alkanes of at least 4 members (excludes halogenated alkanes) is 5. The predicted octanol–water partition coefficient (Wildman–Crippen LogP) is 5.82. The first-order valence-corrected chi connectivity index (χ1v) is 8.56. The van der Waals surface area contributed by atoms with Crippen LogP contribution in [-0.4, -0.2) is 23.0 Å². The summed E-state index contributed by atoms with van der Waals surface area (Å²) in [4.78, 5) is 4.76. The summed E-state index contributed by atoms with van der Waals surface area (Å²) in [6.07, 6.45) is 12.6. The van der Waals surface area contributed by atoms with E-state index in [1.54, 1.807) is 0 Å². The summed E-state index contributed by atoms with van der Waals surface area (Å²) in [7, 11) is 0. The van der Waals surface area contributed by atoms with E-state index in [1.807, 2.05) is 12.1 Å². The molecule has 0 saturated heterocycles. The second-order valence-corrected chi connectivity index (χ2v) is 6.33. The normalized spacial score (nSPS) is 13.5. The number of rotatable bonds is 9. The molecule has 0 spiro atoms. The average molecular weight is 388 g/mol. The zero-order valence-corrected chi connectivity index (χ0v) is 16.0. The molecule has 0 bridgehead atoms. The molecule has 1 aliphatic rings.